The minimum absolute atomic E-state index is 0.360. The van der Waals surface area contributed by atoms with E-state index in [1.807, 2.05) is 12.1 Å². The fraction of sp³-hybridized carbons (Fsp3) is 0.100. The molecule has 1 N–H and O–H groups in total. The Morgan fingerprint density at radius 3 is 2.52 bits per heavy atom. The molecule has 0 aliphatic heterocycles. The fourth-order valence-electron chi connectivity index (χ4n) is 2.50. The largest absolute Gasteiger partial charge is 0.398 e. The van der Waals surface area contributed by atoms with Crippen LogP contribution in [-0.2, 0) is 16.2 Å². The number of nitrogens with one attached hydrogen (secondary N) is 1. The molecule has 27 heavy (non-hydrogen) atoms. The van der Waals surface area contributed by atoms with Crippen molar-refractivity contribution in [1.29, 1.82) is 0 Å². The Morgan fingerprint density at radius 1 is 1.07 bits per heavy atom. The molecule has 2 aromatic heterocycles. The smallest absolute Gasteiger partial charge is 0.361 e. The fourth-order valence-corrected chi connectivity index (χ4v) is 2.50. The molecule has 1 aromatic carbocycles. The first-order valence-corrected chi connectivity index (χ1v) is 8.32. The van der Waals surface area contributed by atoms with Gasteiger partial charge in [-0.1, -0.05) is 18.2 Å². The van der Waals surface area contributed by atoms with Crippen LogP contribution in [0.25, 0.3) is 0 Å². The summed E-state index contributed by atoms with van der Waals surface area (Å²) < 4.78 is -0.694. The molecule has 1 unspecified atom stereocenters. The van der Waals surface area contributed by atoms with Gasteiger partial charge in [0.2, 0.25) is 5.69 Å². The Morgan fingerprint density at radius 2 is 1.81 bits per heavy atom. The summed E-state index contributed by atoms with van der Waals surface area (Å²) in [5, 5.41) is 3.18. The molecule has 0 bridgehead atoms. The van der Waals surface area contributed by atoms with Gasteiger partial charge in [0.25, 0.3) is 0 Å². The highest BCUT2D eigenvalue weighted by molar-refractivity contribution is 5.91. The van der Waals surface area contributed by atoms with Crippen molar-refractivity contribution in [3.63, 3.8) is 0 Å². The van der Waals surface area contributed by atoms with Crippen molar-refractivity contribution in [1.82, 2.24) is 14.6 Å². The third-order valence-electron chi connectivity index (χ3n) is 3.96. The van der Waals surface area contributed by atoms with Gasteiger partial charge in [-0.15, -0.1) is 0 Å². The molecular formula is C20H19N4O3+. The molecular weight excluding hydrogens is 344 g/mol. The molecule has 136 valence electrons. The Hall–Kier alpha value is -3.58. The van der Waals surface area contributed by atoms with Crippen LogP contribution in [0.2, 0.25) is 0 Å². The number of anilines is 1. The Balaban J connectivity index is 1.84. The van der Waals surface area contributed by atoms with E-state index in [-0.39, 0.29) is 0 Å². The monoisotopic (exact) mass is 363 g/mol. The van der Waals surface area contributed by atoms with Crippen LogP contribution in [0.15, 0.2) is 73.2 Å². The van der Waals surface area contributed by atoms with Crippen LogP contribution in [0, 0.1) is 0 Å². The van der Waals surface area contributed by atoms with Crippen molar-refractivity contribution >= 4 is 23.9 Å². The highest BCUT2D eigenvalue weighted by Crippen LogP contribution is 2.28. The highest BCUT2D eigenvalue weighted by Gasteiger charge is 2.35. The quantitative estimate of drug-likeness (QED) is 0.395. The molecule has 2 heterocycles. The average molecular weight is 363 g/mol. The van der Waals surface area contributed by atoms with E-state index in [9.17, 15) is 9.59 Å². The third-order valence-corrected chi connectivity index (χ3v) is 3.96. The molecule has 3 rings (SSSR count). The Kier molecular flexibility index (Phi) is 5.53. The highest BCUT2D eigenvalue weighted by atomic mass is 16.7. The summed E-state index contributed by atoms with van der Waals surface area (Å²) in [6.45, 7) is 0.484. The lowest BCUT2D eigenvalue weighted by molar-refractivity contribution is -0.143. The first kappa shape index (κ1) is 18.2. The minimum Gasteiger partial charge on any atom is -0.361 e. The summed E-state index contributed by atoms with van der Waals surface area (Å²) in [5.41, 5.74) is 1.79. The second-order valence-electron chi connectivity index (χ2n) is 5.92. The van der Waals surface area contributed by atoms with E-state index < -0.39 is 10.6 Å². The van der Waals surface area contributed by atoms with Crippen LogP contribution in [0.4, 0.5) is 11.5 Å². The van der Waals surface area contributed by atoms with E-state index >= 15 is 0 Å². The number of aromatic nitrogens is 2. The normalized spacial score (nSPS) is 12.6. The van der Waals surface area contributed by atoms with Gasteiger partial charge in [0.15, 0.2) is 5.82 Å². The number of carbonyl (C=O) groups is 2. The van der Waals surface area contributed by atoms with Gasteiger partial charge in [-0.25, -0.2) is 14.6 Å². The van der Waals surface area contributed by atoms with Crippen LogP contribution >= 0.6 is 0 Å². The Labute approximate surface area is 156 Å². The molecule has 0 fully saturated rings. The number of carbonyl (C=O) groups excluding carboxylic acids is 2. The lowest BCUT2D eigenvalue weighted by Gasteiger charge is -2.24. The van der Waals surface area contributed by atoms with Crippen molar-refractivity contribution < 1.29 is 14.4 Å². The molecule has 7 heteroatoms. The maximum absolute atomic E-state index is 12.4. The van der Waals surface area contributed by atoms with E-state index in [0.29, 0.717) is 30.0 Å². The van der Waals surface area contributed by atoms with E-state index in [0.717, 1.165) is 5.56 Å². The van der Waals surface area contributed by atoms with Crippen LogP contribution in [-0.4, -0.2) is 29.4 Å². The maximum Gasteiger partial charge on any atom is 0.398 e. The van der Waals surface area contributed by atoms with Crippen LogP contribution in [0.1, 0.15) is 15.9 Å². The van der Waals surface area contributed by atoms with Crippen molar-refractivity contribution in [3.05, 3.63) is 84.3 Å². The molecule has 0 aliphatic carbocycles. The first-order chi connectivity index (χ1) is 13.1. The van der Waals surface area contributed by atoms with Gasteiger partial charge in [-0.05, 0) is 40.5 Å². The van der Waals surface area contributed by atoms with Gasteiger partial charge in [0.1, 0.15) is 7.05 Å². The predicted molar refractivity (Wildman–Crippen MR) is 101 cm³/mol. The van der Waals surface area contributed by atoms with Gasteiger partial charge in [0, 0.05) is 31.2 Å². The number of amides is 1. The summed E-state index contributed by atoms with van der Waals surface area (Å²) in [5.74, 6) is -0.154. The van der Waals surface area contributed by atoms with Gasteiger partial charge in [-0.3, -0.25) is 9.82 Å². The molecule has 0 saturated heterocycles. The summed E-state index contributed by atoms with van der Waals surface area (Å²) in [6, 6.07) is 15.6. The van der Waals surface area contributed by atoms with E-state index in [1.165, 1.54) is 7.05 Å². The van der Waals surface area contributed by atoms with Gasteiger partial charge >= 0.3 is 12.4 Å². The summed E-state index contributed by atoms with van der Waals surface area (Å²) in [6.07, 6.45) is 5.55. The number of hydrogen-bond acceptors (Lipinski definition) is 6. The second-order valence-corrected chi connectivity index (χ2v) is 5.92. The van der Waals surface area contributed by atoms with Crippen molar-refractivity contribution in [2.24, 2.45) is 0 Å². The molecule has 0 spiro atoms. The number of benzene rings is 1. The Bertz CT molecular complexity index is 919. The molecule has 1 amide bonds. The van der Waals surface area contributed by atoms with Crippen molar-refractivity contribution in [2.75, 3.05) is 12.4 Å². The minimum atomic E-state index is -0.694. The lowest BCUT2D eigenvalue weighted by atomic mass is 10.2. The van der Waals surface area contributed by atoms with Crippen LogP contribution in [0.3, 0.4) is 0 Å². The summed E-state index contributed by atoms with van der Waals surface area (Å²) in [7, 11) is 1.49. The van der Waals surface area contributed by atoms with E-state index in [4.69, 9.17) is 4.84 Å². The number of hydrogen-bond donors (Lipinski definition) is 1. The predicted octanol–water partition coefficient (Wildman–Crippen LogP) is 2.95. The summed E-state index contributed by atoms with van der Waals surface area (Å²) >= 11 is 0. The SMILES string of the molecule is C[N+](C=O)(OC(=O)c1ccccc1)c1cccnc1NCc1ccncc1. The van der Waals surface area contributed by atoms with Crippen LogP contribution in [0.5, 0.6) is 0 Å². The number of quaternary nitrogens is 1. The van der Waals surface area contributed by atoms with E-state index in [2.05, 4.69) is 15.3 Å². The number of hydroxylamine groups is 2. The first-order valence-electron chi connectivity index (χ1n) is 8.32. The van der Waals surface area contributed by atoms with Crippen molar-refractivity contribution in [3.8, 4) is 0 Å². The molecule has 7 nitrogen and oxygen atoms in total. The maximum atomic E-state index is 12.4. The zero-order valence-corrected chi connectivity index (χ0v) is 14.8. The van der Waals surface area contributed by atoms with Crippen LogP contribution < -0.4 is 9.96 Å². The number of nitrogens with zero attached hydrogens (tertiary/aromatic N) is 3. The standard InChI is InChI=1S/C20H19N4O3/c1-24(15-25,27-20(26)17-6-3-2-4-7-17)18-8-5-11-22-19(18)23-14-16-9-12-21-13-10-16/h2-13,15H,14H2,1H3,(H,22,23)/q+1. The third kappa shape index (κ3) is 4.34. The summed E-state index contributed by atoms with van der Waals surface area (Å²) in [4.78, 5) is 38.1. The molecule has 0 radical (unpaired) electrons. The number of pyridine rings is 2. The number of rotatable bonds is 7. The topological polar surface area (TPSA) is 81.2 Å². The van der Waals surface area contributed by atoms with Gasteiger partial charge in [0.05, 0.1) is 5.56 Å². The zero-order valence-electron chi connectivity index (χ0n) is 14.8. The van der Waals surface area contributed by atoms with Gasteiger partial charge < -0.3 is 5.32 Å². The average Bonchev–Trinajstić information content (AvgIpc) is 2.73. The molecule has 0 saturated carbocycles. The second kappa shape index (κ2) is 8.20. The lowest BCUT2D eigenvalue weighted by Crippen LogP contribution is -2.46. The van der Waals surface area contributed by atoms with Crippen molar-refractivity contribution in [2.45, 2.75) is 6.54 Å². The molecule has 3 aromatic rings. The van der Waals surface area contributed by atoms with Gasteiger partial charge in [-0.2, -0.15) is 0 Å². The van der Waals surface area contributed by atoms with E-state index in [1.54, 1.807) is 61.1 Å². The molecule has 0 aliphatic rings. The molecule has 1 atom stereocenters. The zero-order chi connectivity index (χ0) is 19.1.